The van der Waals surface area contributed by atoms with Crippen molar-refractivity contribution < 1.29 is 4.79 Å². The van der Waals surface area contributed by atoms with E-state index in [1.54, 1.807) is 0 Å². The number of allylic oxidation sites excluding steroid dienone is 3. The first-order valence-electron chi connectivity index (χ1n) is 6.46. The van der Waals surface area contributed by atoms with Gasteiger partial charge in [-0.15, -0.1) is 0 Å². The van der Waals surface area contributed by atoms with E-state index in [9.17, 15) is 4.79 Å². The third-order valence-corrected chi connectivity index (χ3v) is 4.30. The van der Waals surface area contributed by atoms with Crippen molar-refractivity contribution in [2.75, 3.05) is 0 Å². The average Bonchev–Trinajstić information content (AvgIpc) is 2.34. The van der Waals surface area contributed by atoms with Crippen molar-refractivity contribution >= 4 is 5.78 Å². The smallest absolute Gasteiger partial charge is 0.166 e. The van der Waals surface area contributed by atoms with Gasteiger partial charge in [0, 0.05) is 5.92 Å². The summed E-state index contributed by atoms with van der Waals surface area (Å²) < 4.78 is 0. The van der Waals surface area contributed by atoms with Crippen LogP contribution in [0.5, 0.6) is 0 Å². The van der Waals surface area contributed by atoms with E-state index in [0.29, 0.717) is 17.6 Å². The van der Waals surface area contributed by atoms with Crippen LogP contribution < -0.4 is 0 Å². The molecule has 0 bridgehead atoms. The van der Waals surface area contributed by atoms with Gasteiger partial charge in [0.1, 0.15) is 0 Å². The standard InChI is InChI=1S/C15H22O/c1-9(2)13-11(4)12-8-6-5-7-10(3)14(12)15(13)16/h10-11,13H,1,5-8H2,2-4H3. The number of hydrogen-bond donors (Lipinski definition) is 0. The predicted octanol–water partition coefficient (Wildman–Crippen LogP) is 3.90. The Labute approximate surface area is 98.6 Å². The number of rotatable bonds is 1. The van der Waals surface area contributed by atoms with Crippen molar-refractivity contribution in [3.63, 3.8) is 0 Å². The summed E-state index contributed by atoms with van der Waals surface area (Å²) in [4.78, 5) is 12.4. The molecule has 0 aromatic rings. The number of carbonyl (C=O) groups is 1. The van der Waals surface area contributed by atoms with Crippen LogP contribution in [-0.2, 0) is 4.79 Å². The maximum Gasteiger partial charge on any atom is 0.166 e. The molecule has 2 aliphatic rings. The highest BCUT2D eigenvalue weighted by molar-refractivity contribution is 6.03. The summed E-state index contributed by atoms with van der Waals surface area (Å²) in [7, 11) is 0. The Morgan fingerprint density at radius 2 is 2.00 bits per heavy atom. The Morgan fingerprint density at radius 3 is 2.62 bits per heavy atom. The lowest BCUT2D eigenvalue weighted by molar-refractivity contribution is -0.118. The Morgan fingerprint density at radius 1 is 1.31 bits per heavy atom. The average molecular weight is 218 g/mol. The quantitative estimate of drug-likeness (QED) is 0.610. The first-order chi connectivity index (χ1) is 7.54. The second-order valence-corrected chi connectivity index (χ2v) is 5.56. The zero-order chi connectivity index (χ0) is 11.9. The molecule has 3 unspecified atom stereocenters. The van der Waals surface area contributed by atoms with Crippen LogP contribution in [0.1, 0.15) is 46.5 Å². The largest absolute Gasteiger partial charge is 0.294 e. The first kappa shape index (κ1) is 11.6. The lowest BCUT2D eigenvalue weighted by Crippen LogP contribution is -2.18. The molecule has 1 nitrogen and oxygen atoms in total. The molecular weight excluding hydrogens is 196 g/mol. The lowest BCUT2D eigenvalue weighted by atomic mass is 9.85. The molecule has 0 aliphatic heterocycles. The van der Waals surface area contributed by atoms with Crippen molar-refractivity contribution in [1.82, 2.24) is 0 Å². The van der Waals surface area contributed by atoms with E-state index in [1.165, 1.54) is 24.8 Å². The van der Waals surface area contributed by atoms with Crippen LogP contribution in [0.15, 0.2) is 23.3 Å². The second-order valence-electron chi connectivity index (χ2n) is 5.56. The number of carbonyl (C=O) groups excluding carboxylic acids is 1. The molecule has 16 heavy (non-hydrogen) atoms. The van der Waals surface area contributed by atoms with E-state index in [4.69, 9.17) is 0 Å². The van der Waals surface area contributed by atoms with Gasteiger partial charge in [-0.05, 0) is 43.6 Å². The van der Waals surface area contributed by atoms with Crippen molar-refractivity contribution in [3.8, 4) is 0 Å². The van der Waals surface area contributed by atoms with E-state index >= 15 is 0 Å². The van der Waals surface area contributed by atoms with E-state index in [2.05, 4.69) is 20.4 Å². The first-order valence-corrected chi connectivity index (χ1v) is 6.46. The molecule has 0 amide bonds. The fourth-order valence-corrected chi connectivity index (χ4v) is 3.48. The number of hydrogen-bond acceptors (Lipinski definition) is 1. The Bertz CT molecular complexity index is 362. The van der Waals surface area contributed by atoms with Gasteiger partial charge in [0.2, 0.25) is 0 Å². The molecule has 88 valence electrons. The minimum absolute atomic E-state index is 0.0746. The van der Waals surface area contributed by atoms with Gasteiger partial charge in [0.25, 0.3) is 0 Å². The highest BCUT2D eigenvalue weighted by Crippen LogP contribution is 2.45. The van der Waals surface area contributed by atoms with Crippen molar-refractivity contribution in [2.24, 2.45) is 17.8 Å². The normalized spacial score (nSPS) is 34.9. The summed E-state index contributed by atoms with van der Waals surface area (Å²) >= 11 is 0. The predicted molar refractivity (Wildman–Crippen MR) is 67.1 cm³/mol. The topological polar surface area (TPSA) is 17.1 Å². The van der Waals surface area contributed by atoms with E-state index in [-0.39, 0.29) is 5.92 Å². The maximum absolute atomic E-state index is 12.4. The van der Waals surface area contributed by atoms with Gasteiger partial charge in [-0.25, -0.2) is 0 Å². The van der Waals surface area contributed by atoms with E-state index in [0.717, 1.165) is 17.6 Å². The van der Waals surface area contributed by atoms with Gasteiger partial charge in [-0.1, -0.05) is 38.0 Å². The van der Waals surface area contributed by atoms with Crippen molar-refractivity contribution in [1.29, 1.82) is 0 Å². The second kappa shape index (κ2) is 4.20. The molecule has 0 N–H and O–H groups in total. The lowest BCUT2D eigenvalue weighted by Gasteiger charge is -2.17. The van der Waals surface area contributed by atoms with Crippen LogP contribution in [0, 0.1) is 17.8 Å². The van der Waals surface area contributed by atoms with Crippen LogP contribution in [-0.4, -0.2) is 5.78 Å². The molecule has 0 saturated heterocycles. The van der Waals surface area contributed by atoms with Gasteiger partial charge < -0.3 is 0 Å². The third kappa shape index (κ3) is 1.66. The Hall–Kier alpha value is -0.850. The molecule has 0 fully saturated rings. The Kier molecular flexibility index (Phi) is 3.05. The van der Waals surface area contributed by atoms with Crippen molar-refractivity contribution in [3.05, 3.63) is 23.3 Å². The van der Waals surface area contributed by atoms with Crippen LogP contribution in [0.25, 0.3) is 0 Å². The third-order valence-electron chi connectivity index (χ3n) is 4.30. The van der Waals surface area contributed by atoms with Gasteiger partial charge in [-0.3, -0.25) is 4.79 Å². The number of ketones is 1. The molecule has 0 heterocycles. The number of Topliss-reactive ketones (excluding diaryl/α,β-unsaturated/α-hetero) is 1. The summed E-state index contributed by atoms with van der Waals surface area (Å²) in [5, 5.41) is 0. The molecule has 0 aromatic heterocycles. The fourth-order valence-electron chi connectivity index (χ4n) is 3.48. The van der Waals surface area contributed by atoms with Gasteiger partial charge in [0.15, 0.2) is 5.78 Å². The molecule has 0 radical (unpaired) electrons. The zero-order valence-electron chi connectivity index (χ0n) is 10.7. The molecule has 2 rings (SSSR count). The highest BCUT2D eigenvalue weighted by Gasteiger charge is 2.41. The minimum atomic E-state index is 0.0746. The molecule has 2 aliphatic carbocycles. The molecule has 0 spiro atoms. The van der Waals surface area contributed by atoms with Crippen molar-refractivity contribution in [2.45, 2.75) is 46.5 Å². The summed E-state index contributed by atoms with van der Waals surface area (Å²) in [6, 6.07) is 0. The minimum Gasteiger partial charge on any atom is -0.294 e. The van der Waals surface area contributed by atoms with Crippen LogP contribution in [0.2, 0.25) is 0 Å². The molecular formula is C15H22O. The van der Waals surface area contributed by atoms with Gasteiger partial charge in [-0.2, -0.15) is 0 Å². The van der Waals surface area contributed by atoms with E-state index in [1.807, 2.05) is 6.92 Å². The summed E-state index contributed by atoms with van der Waals surface area (Å²) in [5.41, 5.74) is 3.65. The maximum atomic E-state index is 12.4. The molecule has 1 heteroatoms. The molecule has 0 saturated carbocycles. The zero-order valence-corrected chi connectivity index (χ0v) is 10.7. The van der Waals surface area contributed by atoms with Crippen LogP contribution in [0.4, 0.5) is 0 Å². The summed E-state index contributed by atoms with van der Waals surface area (Å²) in [6.45, 7) is 10.4. The van der Waals surface area contributed by atoms with Crippen LogP contribution in [0.3, 0.4) is 0 Å². The van der Waals surface area contributed by atoms with Gasteiger partial charge in [0.05, 0.1) is 0 Å². The Balaban J connectivity index is 2.39. The molecule has 0 aromatic carbocycles. The monoisotopic (exact) mass is 218 g/mol. The van der Waals surface area contributed by atoms with Gasteiger partial charge >= 0.3 is 0 Å². The SMILES string of the molecule is C=C(C)C1C(=O)C2=C(CCCCC2C)C1C. The highest BCUT2D eigenvalue weighted by atomic mass is 16.1. The fraction of sp³-hybridized carbons (Fsp3) is 0.667. The summed E-state index contributed by atoms with van der Waals surface area (Å²) in [5.74, 6) is 1.33. The summed E-state index contributed by atoms with van der Waals surface area (Å²) in [6.07, 6.45) is 4.84. The van der Waals surface area contributed by atoms with Crippen LogP contribution >= 0.6 is 0 Å². The molecule has 3 atom stereocenters. The van der Waals surface area contributed by atoms with E-state index < -0.39 is 0 Å².